The largest absolute Gasteiger partial charge is 0.467 e. The van der Waals surface area contributed by atoms with Crippen molar-refractivity contribution >= 4 is 11.9 Å². The summed E-state index contributed by atoms with van der Waals surface area (Å²) in [6, 6.07) is 13.1. The van der Waals surface area contributed by atoms with E-state index >= 15 is 0 Å². The highest BCUT2D eigenvalue weighted by Gasteiger charge is 2.17. The molecule has 3 rings (SSSR count). The number of aromatic nitrogens is 2. The van der Waals surface area contributed by atoms with Crippen molar-refractivity contribution in [3.8, 4) is 11.3 Å². The van der Waals surface area contributed by atoms with Gasteiger partial charge in [-0.1, -0.05) is 30.3 Å². The topological polar surface area (TPSA) is 77.2 Å². The van der Waals surface area contributed by atoms with Gasteiger partial charge in [0.2, 0.25) is 5.95 Å². The maximum atomic E-state index is 12.2. The molecule has 0 atom stereocenters. The third-order valence-corrected chi connectivity index (χ3v) is 3.33. The first-order chi connectivity index (χ1) is 11.8. The van der Waals surface area contributed by atoms with Crippen molar-refractivity contribution in [3.63, 3.8) is 0 Å². The van der Waals surface area contributed by atoms with Crippen molar-refractivity contribution in [2.45, 2.75) is 13.5 Å². The minimum absolute atomic E-state index is 0.297. The molecule has 0 fully saturated rings. The number of anilines is 1. The van der Waals surface area contributed by atoms with Crippen LogP contribution in [0, 0.1) is 0 Å². The van der Waals surface area contributed by atoms with Crippen LogP contribution < -0.4 is 5.32 Å². The Labute approximate surface area is 139 Å². The van der Waals surface area contributed by atoms with Gasteiger partial charge in [0.05, 0.1) is 25.1 Å². The molecule has 2 heterocycles. The number of nitrogens with one attached hydrogen (secondary N) is 1. The van der Waals surface area contributed by atoms with Crippen molar-refractivity contribution in [1.82, 2.24) is 9.97 Å². The summed E-state index contributed by atoms with van der Waals surface area (Å²) in [4.78, 5) is 20.8. The summed E-state index contributed by atoms with van der Waals surface area (Å²) in [6.07, 6.45) is 3.09. The van der Waals surface area contributed by atoms with Crippen LogP contribution in [-0.4, -0.2) is 22.5 Å². The molecule has 2 aromatic heterocycles. The van der Waals surface area contributed by atoms with Crippen molar-refractivity contribution in [3.05, 3.63) is 66.2 Å². The summed E-state index contributed by atoms with van der Waals surface area (Å²) in [5, 5.41) is 3.09. The summed E-state index contributed by atoms with van der Waals surface area (Å²) in [6.45, 7) is 2.52. The normalized spacial score (nSPS) is 10.4. The highest BCUT2D eigenvalue weighted by molar-refractivity contribution is 5.96. The number of carbonyl (C=O) groups is 1. The predicted octanol–water partition coefficient (Wildman–Crippen LogP) is 3.53. The number of esters is 1. The first-order valence-electron chi connectivity index (χ1n) is 7.63. The SMILES string of the molecule is CCOC(=O)c1cnc(NCc2ccco2)nc1-c1ccccc1. The third-order valence-electron chi connectivity index (χ3n) is 3.33. The molecule has 0 amide bonds. The van der Waals surface area contributed by atoms with E-state index in [9.17, 15) is 4.79 Å². The molecule has 0 bridgehead atoms. The molecule has 0 aliphatic rings. The van der Waals surface area contributed by atoms with Gasteiger partial charge in [0.1, 0.15) is 11.3 Å². The second kappa shape index (κ2) is 7.41. The van der Waals surface area contributed by atoms with Gasteiger partial charge in [-0.05, 0) is 19.1 Å². The van der Waals surface area contributed by atoms with Crippen LogP contribution >= 0.6 is 0 Å². The molecule has 1 aromatic carbocycles. The molecular weight excluding hydrogens is 306 g/mol. The Morgan fingerprint density at radius 1 is 1.21 bits per heavy atom. The molecule has 0 aliphatic heterocycles. The molecular formula is C18H17N3O3. The van der Waals surface area contributed by atoms with Crippen molar-refractivity contribution < 1.29 is 13.9 Å². The summed E-state index contributed by atoms with van der Waals surface area (Å²) >= 11 is 0. The van der Waals surface area contributed by atoms with Crippen LogP contribution in [0.3, 0.4) is 0 Å². The van der Waals surface area contributed by atoms with E-state index in [2.05, 4.69) is 15.3 Å². The number of hydrogen-bond donors (Lipinski definition) is 1. The number of nitrogens with zero attached hydrogens (tertiary/aromatic N) is 2. The van der Waals surface area contributed by atoms with Gasteiger partial charge in [-0.15, -0.1) is 0 Å². The predicted molar refractivity (Wildman–Crippen MR) is 89.5 cm³/mol. The fourth-order valence-corrected chi connectivity index (χ4v) is 2.22. The number of rotatable bonds is 6. The zero-order valence-electron chi connectivity index (χ0n) is 13.2. The van der Waals surface area contributed by atoms with E-state index in [0.29, 0.717) is 30.4 Å². The lowest BCUT2D eigenvalue weighted by molar-refractivity contribution is 0.0526. The molecule has 0 aliphatic carbocycles. The summed E-state index contributed by atoms with van der Waals surface area (Å²) < 4.78 is 10.4. The summed E-state index contributed by atoms with van der Waals surface area (Å²) in [5.41, 5.74) is 1.70. The van der Waals surface area contributed by atoms with Crippen LogP contribution in [0.15, 0.2) is 59.3 Å². The van der Waals surface area contributed by atoms with Gasteiger partial charge < -0.3 is 14.5 Å². The van der Waals surface area contributed by atoms with E-state index in [0.717, 1.165) is 11.3 Å². The second-order valence-corrected chi connectivity index (χ2v) is 4.98. The summed E-state index contributed by atoms with van der Waals surface area (Å²) in [7, 11) is 0. The quantitative estimate of drug-likeness (QED) is 0.699. The Hall–Kier alpha value is -3.15. The molecule has 6 heteroatoms. The molecule has 1 N–H and O–H groups in total. The Bertz CT molecular complexity index is 802. The van der Waals surface area contributed by atoms with Crippen LogP contribution in [0.2, 0.25) is 0 Å². The first-order valence-corrected chi connectivity index (χ1v) is 7.63. The number of hydrogen-bond acceptors (Lipinski definition) is 6. The van der Waals surface area contributed by atoms with Crippen molar-refractivity contribution in [2.75, 3.05) is 11.9 Å². The van der Waals surface area contributed by atoms with Crippen LogP contribution in [0.1, 0.15) is 23.0 Å². The Balaban J connectivity index is 1.91. The Morgan fingerprint density at radius 2 is 2.04 bits per heavy atom. The monoisotopic (exact) mass is 323 g/mol. The first kappa shape index (κ1) is 15.7. The van der Waals surface area contributed by atoms with E-state index in [1.54, 1.807) is 13.2 Å². The van der Waals surface area contributed by atoms with E-state index in [1.807, 2.05) is 42.5 Å². The zero-order valence-corrected chi connectivity index (χ0v) is 13.2. The highest BCUT2D eigenvalue weighted by Crippen LogP contribution is 2.23. The molecule has 0 saturated carbocycles. The molecule has 0 radical (unpaired) electrons. The number of ether oxygens (including phenoxy) is 1. The number of furan rings is 1. The van der Waals surface area contributed by atoms with Gasteiger partial charge >= 0.3 is 5.97 Å². The molecule has 0 saturated heterocycles. The van der Waals surface area contributed by atoms with Crippen LogP contribution in [-0.2, 0) is 11.3 Å². The second-order valence-electron chi connectivity index (χ2n) is 4.98. The molecule has 0 unspecified atom stereocenters. The smallest absolute Gasteiger partial charge is 0.341 e. The van der Waals surface area contributed by atoms with Crippen molar-refractivity contribution in [1.29, 1.82) is 0 Å². The molecule has 24 heavy (non-hydrogen) atoms. The van der Waals surface area contributed by atoms with Gasteiger partial charge in [0, 0.05) is 11.8 Å². The molecule has 6 nitrogen and oxygen atoms in total. The fourth-order valence-electron chi connectivity index (χ4n) is 2.22. The minimum atomic E-state index is -0.436. The van der Waals surface area contributed by atoms with Gasteiger partial charge in [-0.25, -0.2) is 14.8 Å². The van der Waals surface area contributed by atoms with E-state index in [4.69, 9.17) is 9.15 Å². The fraction of sp³-hybridized carbons (Fsp3) is 0.167. The average molecular weight is 323 g/mol. The summed E-state index contributed by atoms with van der Waals surface area (Å²) in [5.74, 6) is 0.751. The maximum Gasteiger partial charge on any atom is 0.341 e. The average Bonchev–Trinajstić information content (AvgIpc) is 3.14. The van der Waals surface area contributed by atoms with Crippen LogP contribution in [0.25, 0.3) is 11.3 Å². The molecule has 122 valence electrons. The van der Waals surface area contributed by atoms with E-state index in [1.165, 1.54) is 6.20 Å². The van der Waals surface area contributed by atoms with Crippen LogP contribution in [0.5, 0.6) is 0 Å². The Morgan fingerprint density at radius 3 is 2.75 bits per heavy atom. The van der Waals surface area contributed by atoms with E-state index < -0.39 is 5.97 Å². The number of benzene rings is 1. The standard InChI is InChI=1S/C18H17N3O3/c1-2-23-17(22)15-12-20-18(19-11-14-9-6-10-24-14)21-16(15)13-7-4-3-5-8-13/h3-10,12H,2,11H2,1H3,(H,19,20,21). The van der Waals surface area contributed by atoms with Gasteiger partial charge in [-0.2, -0.15) is 0 Å². The van der Waals surface area contributed by atoms with Gasteiger partial charge in [0.25, 0.3) is 0 Å². The van der Waals surface area contributed by atoms with Gasteiger partial charge in [0.15, 0.2) is 0 Å². The van der Waals surface area contributed by atoms with Crippen LogP contribution in [0.4, 0.5) is 5.95 Å². The maximum absolute atomic E-state index is 12.2. The Kier molecular flexibility index (Phi) is 4.86. The lowest BCUT2D eigenvalue weighted by atomic mass is 10.1. The molecule has 0 spiro atoms. The number of carbonyl (C=O) groups excluding carboxylic acids is 1. The lowest BCUT2D eigenvalue weighted by Crippen LogP contribution is -2.11. The minimum Gasteiger partial charge on any atom is -0.467 e. The van der Waals surface area contributed by atoms with Gasteiger partial charge in [-0.3, -0.25) is 0 Å². The third kappa shape index (κ3) is 3.60. The van der Waals surface area contributed by atoms with Crippen molar-refractivity contribution in [2.24, 2.45) is 0 Å². The van der Waals surface area contributed by atoms with E-state index in [-0.39, 0.29) is 0 Å². The lowest BCUT2D eigenvalue weighted by Gasteiger charge is -2.10. The zero-order chi connectivity index (χ0) is 16.8. The molecule has 3 aromatic rings. The highest BCUT2D eigenvalue weighted by atomic mass is 16.5.